The van der Waals surface area contributed by atoms with Gasteiger partial charge in [0.05, 0.1) is 11.6 Å². The molecular formula is C12H12N2O2S. The molecule has 17 heavy (non-hydrogen) atoms. The molecule has 0 spiro atoms. The van der Waals surface area contributed by atoms with Gasteiger partial charge in [0.1, 0.15) is 0 Å². The van der Waals surface area contributed by atoms with Crippen molar-refractivity contribution in [3.8, 4) is 0 Å². The molecule has 2 aromatic heterocycles. The summed E-state index contributed by atoms with van der Waals surface area (Å²) in [5, 5.41) is 2.62. The molecule has 0 radical (unpaired) electrons. The number of hydrogen-bond donors (Lipinski definition) is 0. The fraction of sp³-hybridized carbons (Fsp3) is 0.250. The maximum absolute atomic E-state index is 11.4. The fourth-order valence-corrected chi connectivity index (χ4v) is 2.17. The van der Waals surface area contributed by atoms with Crippen LogP contribution < -0.4 is 0 Å². The average Bonchev–Trinajstić information content (AvgIpc) is 2.79. The number of hydrogen-bond acceptors (Lipinski definition) is 5. The van der Waals surface area contributed by atoms with Gasteiger partial charge in [-0.15, -0.1) is 11.3 Å². The van der Waals surface area contributed by atoms with Crippen molar-refractivity contribution in [3.63, 3.8) is 0 Å². The summed E-state index contributed by atoms with van der Waals surface area (Å²) >= 11 is 1.46. The molecule has 0 aliphatic heterocycles. The zero-order valence-corrected chi connectivity index (χ0v) is 10.2. The third-order valence-corrected chi connectivity index (χ3v) is 2.96. The summed E-state index contributed by atoms with van der Waals surface area (Å²) in [5.74, 6) is -0.360. The van der Waals surface area contributed by atoms with E-state index in [1.807, 2.05) is 12.1 Å². The Kier molecular flexibility index (Phi) is 3.82. The van der Waals surface area contributed by atoms with Crippen LogP contribution in [0.25, 0.3) is 0 Å². The standard InChI is InChI=1S/C12H12N2O2S/c1-2-16-12(15)10-8-17-11(14-10)6-9-4-3-5-13-7-9/h3-5,7-8H,2,6H2,1H3. The van der Waals surface area contributed by atoms with Crippen LogP contribution in [-0.2, 0) is 11.2 Å². The Bertz CT molecular complexity index is 496. The van der Waals surface area contributed by atoms with Gasteiger partial charge in [0.15, 0.2) is 5.69 Å². The van der Waals surface area contributed by atoms with E-state index >= 15 is 0 Å². The Morgan fingerprint density at radius 1 is 1.53 bits per heavy atom. The van der Waals surface area contributed by atoms with Gasteiger partial charge in [-0.1, -0.05) is 6.07 Å². The van der Waals surface area contributed by atoms with Gasteiger partial charge in [0.2, 0.25) is 0 Å². The number of thiazole rings is 1. The van der Waals surface area contributed by atoms with E-state index in [1.165, 1.54) is 11.3 Å². The number of rotatable bonds is 4. The highest BCUT2D eigenvalue weighted by molar-refractivity contribution is 7.09. The van der Waals surface area contributed by atoms with Crippen LogP contribution in [0.5, 0.6) is 0 Å². The van der Waals surface area contributed by atoms with Gasteiger partial charge in [-0.3, -0.25) is 4.98 Å². The Balaban J connectivity index is 2.06. The number of carbonyl (C=O) groups excluding carboxylic acids is 1. The van der Waals surface area contributed by atoms with E-state index < -0.39 is 0 Å². The van der Waals surface area contributed by atoms with Gasteiger partial charge in [0, 0.05) is 24.2 Å². The van der Waals surface area contributed by atoms with Crippen LogP contribution >= 0.6 is 11.3 Å². The van der Waals surface area contributed by atoms with Crippen molar-refractivity contribution in [3.05, 3.63) is 46.2 Å². The van der Waals surface area contributed by atoms with E-state index in [1.54, 1.807) is 24.7 Å². The van der Waals surface area contributed by atoms with Crippen molar-refractivity contribution in [1.29, 1.82) is 0 Å². The van der Waals surface area contributed by atoms with Crippen molar-refractivity contribution < 1.29 is 9.53 Å². The molecule has 88 valence electrons. The van der Waals surface area contributed by atoms with E-state index in [2.05, 4.69) is 9.97 Å². The normalized spacial score (nSPS) is 10.2. The van der Waals surface area contributed by atoms with Crippen molar-refractivity contribution in [2.24, 2.45) is 0 Å². The molecular weight excluding hydrogens is 236 g/mol. The lowest BCUT2D eigenvalue weighted by Crippen LogP contribution is -2.05. The second-order valence-electron chi connectivity index (χ2n) is 3.39. The SMILES string of the molecule is CCOC(=O)c1csc(Cc2cccnc2)n1. The lowest BCUT2D eigenvalue weighted by molar-refractivity contribution is 0.0520. The molecule has 4 nitrogen and oxygen atoms in total. The first-order valence-corrected chi connectivity index (χ1v) is 6.18. The van der Waals surface area contributed by atoms with Crippen LogP contribution in [0.2, 0.25) is 0 Å². The van der Waals surface area contributed by atoms with E-state index in [0.717, 1.165) is 10.6 Å². The minimum Gasteiger partial charge on any atom is -0.461 e. The first-order valence-electron chi connectivity index (χ1n) is 5.30. The third kappa shape index (κ3) is 3.10. The highest BCUT2D eigenvalue weighted by Crippen LogP contribution is 2.14. The number of pyridine rings is 1. The molecule has 0 fully saturated rings. The molecule has 0 saturated carbocycles. The third-order valence-electron chi connectivity index (χ3n) is 2.11. The summed E-state index contributed by atoms with van der Waals surface area (Å²) in [6.07, 6.45) is 4.22. The number of esters is 1. The number of aromatic nitrogens is 2. The molecule has 2 rings (SSSR count). The van der Waals surface area contributed by atoms with Crippen LogP contribution in [0.4, 0.5) is 0 Å². The summed E-state index contributed by atoms with van der Waals surface area (Å²) in [6, 6.07) is 3.87. The van der Waals surface area contributed by atoms with Crippen LogP contribution in [0, 0.1) is 0 Å². The molecule has 0 aromatic carbocycles. The smallest absolute Gasteiger partial charge is 0.357 e. The molecule has 0 amide bonds. The zero-order valence-electron chi connectivity index (χ0n) is 9.42. The zero-order chi connectivity index (χ0) is 12.1. The van der Waals surface area contributed by atoms with Crippen molar-refractivity contribution >= 4 is 17.3 Å². The topological polar surface area (TPSA) is 52.1 Å². The van der Waals surface area contributed by atoms with Gasteiger partial charge in [-0.2, -0.15) is 0 Å². The number of carbonyl (C=O) groups is 1. The molecule has 0 aliphatic carbocycles. The van der Waals surface area contributed by atoms with Crippen molar-refractivity contribution in [1.82, 2.24) is 9.97 Å². The second kappa shape index (κ2) is 5.54. The molecule has 0 atom stereocenters. The molecule has 2 heterocycles. The summed E-state index contributed by atoms with van der Waals surface area (Å²) in [4.78, 5) is 19.7. The summed E-state index contributed by atoms with van der Waals surface area (Å²) in [5.41, 5.74) is 1.47. The monoisotopic (exact) mass is 248 g/mol. The highest BCUT2D eigenvalue weighted by Gasteiger charge is 2.11. The largest absolute Gasteiger partial charge is 0.461 e. The lowest BCUT2D eigenvalue weighted by Gasteiger charge is -1.97. The lowest BCUT2D eigenvalue weighted by atomic mass is 10.2. The predicted molar refractivity (Wildman–Crippen MR) is 65.1 cm³/mol. The molecule has 2 aromatic rings. The Morgan fingerprint density at radius 2 is 2.41 bits per heavy atom. The van der Waals surface area contributed by atoms with Crippen LogP contribution in [0.15, 0.2) is 29.9 Å². The van der Waals surface area contributed by atoms with Crippen LogP contribution in [-0.4, -0.2) is 22.5 Å². The first kappa shape index (κ1) is 11.7. The van der Waals surface area contributed by atoms with Gasteiger partial charge in [-0.05, 0) is 18.6 Å². The van der Waals surface area contributed by atoms with Gasteiger partial charge < -0.3 is 4.74 Å². The van der Waals surface area contributed by atoms with E-state index in [9.17, 15) is 4.79 Å². The first-order chi connectivity index (χ1) is 8.29. The Morgan fingerprint density at radius 3 is 3.12 bits per heavy atom. The molecule has 0 N–H and O–H groups in total. The minimum absolute atomic E-state index is 0.360. The number of nitrogens with zero attached hydrogens (tertiary/aromatic N) is 2. The molecule has 0 saturated heterocycles. The van der Waals surface area contributed by atoms with E-state index in [0.29, 0.717) is 18.7 Å². The number of ether oxygens (including phenoxy) is 1. The molecule has 0 aliphatic rings. The van der Waals surface area contributed by atoms with E-state index in [4.69, 9.17) is 4.74 Å². The quantitative estimate of drug-likeness (QED) is 0.779. The maximum Gasteiger partial charge on any atom is 0.357 e. The molecule has 0 bridgehead atoms. The second-order valence-corrected chi connectivity index (χ2v) is 4.33. The van der Waals surface area contributed by atoms with Crippen molar-refractivity contribution in [2.75, 3.05) is 6.61 Å². The van der Waals surface area contributed by atoms with Crippen molar-refractivity contribution in [2.45, 2.75) is 13.3 Å². The Hall–Kier alpha value is -1.75. The van der Waals surface area contributed by atoms with Gasteiger partial charge >= 0.3 is 5.97 Å². The molecule has 0 unspecified atom stereocenters. The van der Waals surface area contributed by atoms with Gasteiger partial charge in [-0.25, -0.2) is 9.78 Å². The predicted octanol–water partition coefficient (Wildman–Crippen LogP) is 2.31. The summed E-state index contributed by atoms with van der Waals surface area (Å²) in [7, 11) is 0. The summed E-state index contributed by atoms with van der Waals surface area (Å²) < 4.78 is 4.88. The highest BCUT2D eigenvalue weighted by atomic mass is 32.1. The average molecular weight is 248 g/mol. The fourth-order valence-electron chi connectivity index (χ4n) is 1.37. The minimum atomic E-state index is -0.360. The summed E-state index contributed by atoms with van der Waals surface area (Å²) in [6.45, 7) is 2.15. The maximum atomic E-state index is 11.4. The molecule has 5 heteroatoms. The van der Waals surface area contributed by atoms with Crippen LogP contribution in [0.1, 0.15) is 28.0 Å². The van der Waals surface area contributed by atoms with Crippen LogP contribution in [0.3, 0.4) is 0 Å². The van der Waals surface area contributed by atoms with Gasteiger partial charge in [0.25, 0.3) is 0 Å². The Labute approximate surface area is 103 Å². The van der Waals surface area contributed by atoms with E-state index in [-0.39, 0.29) is 5.97 Å².